The molecule has 3 aromatic rings. The number of carbonyl (C=O) groups excluding carboxylic acids is 1. The van der Waals surface area contributed by atoms with Gasteiger partial charge in [-0.1, -0.05) is 41.9 Å². The van der Waals surface area contributed by atoms with E-state index in [0.717, 1.165) is 22.0 Å². The number of hydrogen-bond donors (Lipinski definition) is 0. The Hall–Kier alpha value is -2.26. The third kappa shape index (κ3) is 3.25. The van der Waals surface area contributed by atoms with Crippen LogP contribution in [0.1, 0.15) is 20.8 Å². The molecule has 0 aliphatic carbocycles. The lowest BCUT2D eigenvalue weighted by Crippen LogP contribution is -2.26. The van der Waals surface area contributed by atoms with Gasteiger partial charge < -0.3 is 4.74 Å². The van der Waals surface area contributed by atoms with Crippen LogP contribution in [0.25, 0.3) is 22.0 Å². The summed E-state index contributed by atoms with van der Waals surface area (Å²) in [7, 11) is 0. The zero-order chi connectivity index (χ0) is 16.6. The molecule has 0 radical (unpaired) electrons. The molecule has 3 nitrogen and oxygen atoms in total. The highest BCUT2D eigenvalue weighted by atomic mass is 35.5. The van der Waals surface area contributed by atoms with Gasteiger partial charge in [0.2, 0.25) is 0 Å². The van der Waals surface area contributed by atoms with Gasteiger partial charge in [0.1, 0.15) is 5.60 Å². The number of rotatable bonds is 1. The topological polar surface area (TPSA) is 31.2 Å². The summed E-state index contributed by atoms with van der Waals surface area (Å²) < 4.78 is 7.04. The summed E-state index contributed by atoms with van der Waals surface area (Å²) in [6.07, 6.45) is 1.41. The van der Waals surface area contributed by atoms with Gasteiger partial charge in [0.15, 0.2) is 0 Å². The van der Waals surface area contributed by atoms with Crippen LogP contribution in [-0.4, -0.2) is 16.3 Å². The van der Waals surface area contributed by atoms with E-state index in [0.29, 0.717) is 5.02 Å². The second kappa shape index (κ2) is 5.74. The second-order valence-electron chi connectivity index (χ2n) is 6.42. The van der Waals surface area contributed by atoms with Crippen molar-refractivity contribution in [1.29, 1.82) is 0 Å². The van der Waals surface area contributed by atoms with E-state index in [2.05, 4.69) is 0 Å². The highest BCUT2D eigenvalue weighted by Gasteiger charge is 2.21. The lowest BCUT2D eigenvalue weighted by atomic mass is 10.1. The normalized spacial score (nSPS) is 11.7. The van der Waals surface area contributed by atoms with E-state index in [1.807, 2.05) is 69.4 Å². The number of nitrogens with zero attached hydrogens (tertiary/aromatic N) is 1. The van der Waals surface area contributed by atoms with Crippen LogP contribution in [0, 0.1) is 0 Å². The highest BCUT2D eigenvalue weighted by Crippen LogP contribution is 2.32. The first-order valence-electron chi connectivity index (χ1n) is 7.44. The Labute approximate surface area is 140 Å². The van der Waals surface area contributed by atoms with Crippen molar-refractivity contribution in [2.75, 3.05) is 0 Å². The van der Waals surface area contributed by atoms with Gasteiger partial charge in [0.25, 0.3) is 0 Å². The summed E-state index contributed by atoms with van der Waals surface area (Å²) in [5.41, 5.74) is 2.21. The Morgan fingerprint density at radius 1 is 1.09 bits per heavy atom. The monoisotopic (exact) mass is 327 g/mol. The molecule has 3 rings (SSSR count). The van der Waals surface area contributed by atoms with Gasteiger partial charge in [-0.05, 0) is 44.5 Å². The maximum Gasteiger partial charge on any atom is 0.419 e. The number of hydrogen-bond acceptors (Lipinski definition) is 2. The molecule has 0 spiro atoms. The smallest absolute Gasteiger partial charge is 0.419 e. The molecule has 2 aromatic carbocycles. The molecule has 0 aliphatic heterocycles. The third-order valence-electron chi connectivity index (χ3n) is 3.44. The molecule has 0 fully saturated rings. The maximum absolute atomic E-state index is 12.5. The van der Waals surface area contributed by atoms with Crippen molar-refractivity contribution in [3.05, 3.63) is 59.8 Å². The van der Waals surface area contributed by atoms with Crippen molar-refractivity contribution < 1.29 is 9.53 Å². The molecule has 23 heavy (non-hydrogen) atoms. The van der Waals surface area contributed by atoms with Gasteiger partial charge in [-0.15, -0.1) is 0 Å². The molecule has 0 saturated carbocycles. The Morgan fingerprint density at radius 2 is 1.78 bits per heavy atom. The molecule has 0 bridgehead atoms. The van der Waals surface area contributed by atoms with Crippen LogP contribution in [0.15, 0.2) is 54.7 Å². The molecule has 0 unspecified atom stereocenters. The summed E-state index contributed by atoms with van der Waals surface area (Å²) in [6.45, 7) is 5.56. The van der Waals surface area contributed by atoms with Crippen molar-refractivity contribution in [2.45, 2.75) is 26.4 Å². The molecule has 0 atom stereocenters. The SMILES string of the molecule is CC(C)(C)OC(=O)n1cc(-c2ccccc2)c2cc(Cl)ccc21. The first kappa shape index (κ1) is 15.6. The molecular formula is C19H18ClNO2. The number of benzene rings is 2. The van der Waals surface area contributed by atoms with Gasteiger partial charge >= 0.3 is 6.09 Å². The Kier molecular flexibility index (Phi) is 3.90. The van der Waals surface area contributed by atoms with Gasteiger partial charge in [0, 0.05) is 22.2 Å². The summed E-state index contributed by atoms with van der Waals surface area (Å²) >= 11 is 6.15. The first-order chi connectivity index (χ1) is 10.8. The average Bonchev–Trinajstić information content (AvgIpc) is 2.85. The summed E-state index contributed by atoms with van der Waals surface area (Å²) in [5.74, 6) is 0. The van der Waals surface area contributed by atoms with E-state index in [-0.39, 0.29) is 0 Å². The van der Waals surface area contributed by atoms with Crippen molar-refractivity contribution in [2.24, 2.45) is 0 Å². The first-order valence-corrected chi connectivity index (χ1v) is 7.82. The van der Waals surface area contributed by atoms with Crippen LogP contribution in [0.5, 0.6) is 0 Å². The third-order valence-corrected chi connectivity index (χ3v) is 3.68. The molecular weight excluding hydrogens is 310 g/mol. The number of aromatic nitrogens is 1. The molecule has 0 amide bonds. The zero-order valence-corrected chi connectivity index (χ0v) is 14.1. The van der Waals surface area contributed by atoms with E-state index >= 15 is 0 Å². The minimum absolute atomic E-state index is 0.396. The number of ether oxygens (including phenoxy) is 1. The molecule has 0 N–H and O–H groups in total. The van der Waals surface area contributed by atoms with E-state index in [4.69, 9.17) is 16.3 Å². The number of carbonyl (C=O) groups is 1. The van der Waals surface area contributed by atoms with Crippen molar-refractivity contribution in [1.82, 2.24) is 4.57 Å². The van der Waals surface area contributed by atoms with Gasteiger partial charge in [-0.25, -0.2) is 4.79 Å². The fourth-order valence-electron chi connectivity index (χ4n) is 2.51. The number of halogens is 1. The lowest BCUT2D eigenvalue weighted by Gasteiger charge is -2.19. The lowest BCUT2D eigenvalue weighted by molar-refractivity contribution is 0.0544. The van der Waals surface area contributed by atoms with E-state index in [1.54, 1.807) is 10.6 Å². The van der Waals surface area contributed by atoms with Gasteiger partial charge in [-0.2, -0.15) is 0 Å². The summed E-state index contributed by atoms with van der Waals surface area (Å²) in [4.78, 5) is 12.5. The Bertz CT molecular complexity index is 860. The minimum Gasteiger partial charge on any atom is -0.443 e. The van der Waals surface area contributed by atoms with Crippen molar-refractivity contribution >= 4 is 28.6 Å². The van der Waals surface area contributed by atoms with Gasteiger partial charge in [-0.3, -0.25) is 4.57 Å². The van der Waals surface area contributed by atoms with E-state index in [9.17, 15) is 4.79 Å². The zero-order valence-electron chi connectivity index (χ0n) is 13.3. The summed E-state index contributed by atoms with van der Waals surface area (Å²) in [6, 6.07) is 15.4. The van der Waals surface area contributed by atoms with Crippen LogP contribution in [-0.2, 0) is 4.74 Å². The quantitative estimate of drug-likeness (QED) is 0.570. The Morgan fingerprint density at radius 3 is 2.43 bits per heavy atom. The molecule has 0 saturated heterocycles. The average molecular weight is 328 g/mol. The fourth-order valence-corrected chi connectivity index (χ4v) is 2.68. The highest BCUT2D eigenvalue weighted by molar-refractivity contribution is 6.31. The van der Waals surface area contributed by atoms with Crippen molar-refractivity contribution in [3.63, 3.8) is 0 Å². The van der Waals surface area contributed by atoms with Crippen LogP contribution >= 0.6 is 11.6 Å². The fraction of sp³-hybridized carbons (Fsp3) is 0.211. The van der Waals surface area contributed by atoms with Crippen molar-refractivity contribution in [3.8, 4) is 11.1 Å². The molecule has 1 aromatic heterocycles. The molecule has 0 aliphatic rings. The minimum atomic E-state index is -0.549. The van der Waals surface area contributed by atoms with Gasteiger partial charge in [0.05, 0.1) is 5.52 Å². The molecule has 4 heteroatoms. The van der Waals surface area contributed by atoms with E-state index in [1.165, 1.54) is 0 Å². The maximum atomic E-state index is 12.5. The largest absolute Gasteiger partial charge is 0.443 e. The second-order valence-corrected chi connectivity index (χ2v) is 6.86. The predicted molar refractivity (Wildman–Crippen MR) is 94.0 cm³/mol. The standard InChI is InChI=1S/C19H18ClNO2/c1-19(2,3)23-18(22)21-12-16(13-7-5-4-6-8-13)15-11-14(20)9-10-17(15)21/h4-12H,1-3H3. The summed E-state index contributed by atoms with van der Waals surface area (Å²) in [5, 5.41) is 1.56. The van der Waals surface area contributed by atoms with E-state index < -0.39 is 11.7 Å². The van der Waals surface area contributed by atoms with Crippen LogP contribution in [0.2, 0.25) is 5.02 Å². The van der Waals surface area contributed by atoms with Crippen LogP contribution < -0.4 is 0 Å². The molecule has 1 heterocycles. The predicted octanol–water partition coefficient (Wildman–Crippen LogP) is 5.74. The number of fused-ring (bicyclic) bond motifs is 1. The Balaban J connectivity index is 2.19. The van der Waals surface area contributed by atoms with Crippen LogP contribution in [0.4, 0.5) is 4.79 Å². The van der Waals surface area contributed by atoms with Crippen LogP contribution in [0.3, 0.4) is 0 Å². The molecule has 118 valence electrons.